The average molecular weight is 463 g/mol. The van der Waals surface area contributed by atoms with Gasteiger partial charge in [0.1, 0.15) is 11.1 Å². The van der Waals surface area contributed by atoms with Crippen molar-refractivity contribution in [3.63, 3.8) is 0 Å². The Balaban J connectivity index is 1.71. The van der Waals surface area contributed by atoms with Crippen LogP contribution in [0.2, 0.25) is 0 Å². The summed E-state index contributed by atoms with van der Waals surface area (Å²) in [5.74, 6) is 0.532. The number of hydrogen-bond acceptors (Lipinski definition) is 4. The quantitative estimate of drug-likeness (QED) is 0.662. The molecule has 2 aromatic heterocycles. The number of carbonyl (C=O) groups is 1. The maximum atomic E-state index is 12.5. The number of thiophene rings is 1. The van der Waals surface area contributed by atoms with Crippen LogP contribution >= 0.6 is 27.3 Å². The van der Waals surface area contributed by atoms with E-state index >= 15 is 0 Å². The Morgan fingerprint density at radius 3 is 2.71 bits per heavy atom. The molecule has 0 saturated heterocycles. The smallest absolute Gasteiger partial charge is 0.226 e. The van der Waals surface area contributed by atoms with E-state index in [0.29, 0.717) is 29.4 Å². The molecule has 28 heavy (non-hydrogen) atoms. The van der Waals surface area contributed by atoms with E-state index in [1.54, 1.807) is 11.3 Å². The Bertz CT molecular complexity index is 945. The van der Waals surface area contributed by atoms with Crippen LogP contribution in [-0.4, -0.2) is 15.7 Å². The third kappa shape index (κ3) is 4.18. The van der Waals surface area contributed by atoms with E-state index in [2.05, 4.69) is 53.2 Å². The molecule has 0 saturated carbocycles. The largest absolute Gasteiger partial charge is 0.317 e. The molecule has 1 aliphatic rings. The summed E-state index contributed by atoms with van der Waals surface area (Å²) in [6, 6.07) is 2.33. The van der Waals surface area contributed by atoms with Crippen LogP contribution in [0.1, 0.15) is 61.0 Å². The summed E-state index contributed by atoms with van der Waals surface area (Å²) in [4.78, 5) is 13.8. The molecule has 150 valence electrons. The van der Waals surface area contributed by atoms with Gasteiger partial charge in [-0.3, -0.25) is 9.48 Å². The maximum absolute atomic E-state index is 12.5. The Labute approximate surface area is 179 Å². The molecule has 1 N–H and O–H groups in total. The first kappa shape index (κ1) is 21.1. The van der Waals surface area contributed by atoms with Gasteiger partial charge in [-0.2, -0.15) is 10.4 Å². The molecule has 0 aliphatic heterocycles. The first-order valence-corrected chi connectivity index (χ1v) is 11.3. The van der Waals surface area contributed by atoms with Crippen LogP contribution in [0.4, 0.5) is 5.00 Å². The van der Waals surface area contributed by atoms with Crippen molar-refractivity contribution in [1.82, 2.24) is 9.78 Å². The molecule has 5 nitrogen and oxygen atoms in total. The standard InChI is InChI=1S/C21H27BrN4OS/c1-12-19(22)13(2)26(25-12)9-8-18(27)24-20-16(11-23)15-7-6-14(21(3,4)5)10-17(15)28-20/h14H,6-10H2,1-5H3,(H,24,27). The minimum Gasteiger partial charge on any atom is -0.317 e. The SMILES string of the molecule is Cc1nn(CCC(=O)Nc2sc3c(c2C#N)CCC(C(C)(C)C)C3)c(C)c1Br. The number of nitrogens with one attached hydrogen (secondary N) is 1. The van der Waals surface area contributed by atoms with Crippen molar-refractivity contribution in [3.8, 4) is 6.07 Å². The van der Waals surface area contributed by atoms with E-state index < -0.39 is 0 Å². The number of anilines is 1. The zero-order chi connectivity index (χ0) is 20.6. The number of amides is 1. The van der Waals surface area contributed by atoms with Crippen LogP contribution in [-0.2, 0) is 24.2 Å². The van der Waals surface area contributed by atoms with Gasteiger partial charge in [-0.25, -0.2) is 0 Å². The number of carbonyl (C=O) groups excluding carboxylic acids is 1. The zero-order valence-corrected chi connectivity index (χ0v) is 19.6. The molecule has 1 amide bonds. The van der Waals surface area contributed by atoms with E-state index in [-0.39, 0.29) is 11.3 Å². The zero-order valence-electron chi connectivity index (χ0n) is 17.1. The first-order valence-electron chi connectivity index (χ1n) is 9.65. The molecule has 0 bridgehead atoms. The first-order chi connectivity index (χ1) is 13.1. The van der Waals surface area contributed by atoms with Gasteiger partial charge in [0, 0.05) is 17.0 Å². The second-order valence-corrected chi connectivity index (χ2v) is 10.5. The Kier molecular flexibility index (Phi) is 6.02. The lowest BCUT2D eigenvalue weighted by Crippen LogP contribution is -2.26. The maximum Gasteiger partial charge on any atom is 0.226 e. The van der Waals surface area contributed by atoms with Crippen molar-refractivity contribution < 1.29 is 4.79 Å². The number of rotatable bonds is 4. The lowest BCUT2D eigenvalue weighted by molar-refractivity contribution is -0.116. The normalized spacial score (nSPS) is 16.5. The second kappa shape index (κ2) is 8.00. The highest BCUT2D eigenvalue weighted by Gasteiger charge is 2.32. The number of aromatic nitrogens is 2. The number of nitriles is 1. The summed E-state index contributed by atoms with van der Waals surface area (Å²) >= 11 is 5.09. The molecule has 2 heterocycles. The fourth-order valence-corrected chi connectivity index (χ4v) is 5.40. The molecule has 0 fully saturated rings. The fraction of sp³-hybridized carbons (Fsp3) is 0.571. The molecule has 0 radical (unpaired) electrons. The number of hydrogen-bond donors (Lipinski definition) is 1. The van der Waals surface area contributed by atoms with E-state index in [0.717, 1.165) is 40.7 Å². The van der Waals surface area contributed by atoms with Crippen molar-refractivity contribution in [1.29, 1.82) is 5.26 Å². The van der Waals surface area contributed by atoms with E-state index in [4.69, 9.17) is 0 Å². The van der Waals surface area contributed by atoms with Crippen molar-refractivity contribution in [3.05, 3.63) is 31.9 Å². The van der Waals surface area contributed by atoms with Gasteiger partial charge in [-0.05, 0) is 65.9 Å². The summed E-state index contributed by atoms with van der Waals surface area (Å²) in [7, 11) is 0. The third-order valence-corrected chi connectivity index (χ3v) is 8.02. The van der Waals surface area contributed by atoms with Crippen molar-refractivity contribution in [2.45, 2.75) is 66.8 Å². The number of halogens is 1. The van der Waals surface area contributed by atoms with Crippen molar-refractivity contribution in [2.24, 2.45) is 11.3 Å². The molecular formula is C21H27BrN4OS. The van der Waals surface area contributed by atoms with Crippen LogP contribution in [0.3, 0.4) is 0 Å². The van der Waals surface area contributed by atoms with Gasteiger partial charge in [0.25, 0.3) is 0 Å². The van der Waals surface area contributed by atoms with Crippen molar-refractivity contribution in [2.75, 3.05) is 5.32 Å². The molecule has 1 atom stereocenters. The molecule has 1 aliphatic carbocycles. The molecule has 0 aromatic carbocycles. The van der Waals surface area contributed by atoms with Crippen LogP contribution in [0, 0.1) is 36.5 Å². The lowest BCUT2D eigenvalue weighted by atomic mass is 9.72. The molecule has 1 unspecified atom stereocenters. The topological polar surface area (TPSA) is 70.7 Å². The highest BCUT2D eigenvalue weighted by molar-refractivity contribution is 9.10. The van der Waals surface area contributed by atoms with E-state index in [1.807, 2.05) is 18.5 Å². The van der Waals surface area contributed by atoms with Crippen LogP contribution < -0.4 is 5.32 Å². The summed E-state index contributed by atoms with van der Waals surface area (Å²) in [6.45, 7) is 11.3. The van der Waals surface area contributed by atoms with Gasteiger partial charge < -0.3 is 5.32 Å². The molecule has 3 rings (SSSR count). The minimum absolute atomic E-state index is 0.0776. The number of nitrogens with zero attached hydrogens (tertiary/aromatic N) is 3. The molecule has 2 aromatic rings. The number of aryl methyl sites for hydroxylation is 2. The third-order valence-electron chi connectivity index (χ3n) is 5.70. The molecular weight excluding hydrogens is 436 g/mol. The summed E-state index contributed by atoms with van der Waals surface area (Å²) in [5, 5.41) is 17.8. The van der Waals surface area contributed by atoms with Gasteiger partial charge in [0.2, 0.25) is 5.91 Å². The van der Waals surface area contributed by atoms with Crippen LogP contribution in [0.25, 0.3) is 0 Å². The van der Waals surface area contributed by atoms with Crippen LogP contribution in [0.15, 0.2) is 4.47 Å². The summed E-state index contributed by atoms with van der Waals surface area (Å²) in [5.41, 5.74) is 4.00. The van der Waals surface area contributed by atoms with Gasteiger partial charge in [0.05, 0.1) is 22.3 Å². The average Bonchev–Trinajstić information content (AvgIpc) is 3.09. The van der Waals surface area contributed by atoms with Gasteiger partial charge >= 0.3 is 0 Å². The fourth-order valence-electron chi connectivity index (χ4n) is 3.82. The van der Waals surface area contributed by atoms with Crippen molar-refractivity contribution >= 4 is 38.2 Å². The van der Waals surface area contributed by atoms with E-state index in [1.165, 1.54) is 4.88 Å². The lowest BCUT2D eigenvalue weighted by Gasteiger charge is -2.33. The Morgan fingerprint density at radius 1 is 1.43 bits per heavy atom. The second-order valence-electron chi connectivity index (χ2n) is 8.63. The highest BCUT2D eigenvalue weighted by Crippen LogP contribution is 2.44. The summed E-state index contributed by atoms with van der Waals surface area (Å²) in [6.07, 6.45) is 3.34. The van der Waals surface area contributed by atoms with Gasteiger partial charge in [0.15, 0.2) is 0 Å². The Hall–Kier alpha value is -1.65. The number of fused-ring (bicyclic) bond motifs is 1. The monoisotopic (exact) mass is 462 g/mol. The summed E-state index contributed by atoms with van der Waals surface area (Å²) < 4.78 is 2.83. The highest BCUT2D eigenvalue weighted by atomic mass is 79.9. The van der Waals surface area contributed by atoms with Gasteiger partial charge in [-0.15, -0.1) is 11.3 Å². The minimum atomic E-state index is -0.0776. The van der Waals surface area contributed by atoms with E-state index in [9.17, 15) is 10.1 Å². The van der Waals surface area contributed by atoms with Gasteiger partial charge in [-0.1, -0.05) is 20.8 Å². The predicted molar refractivity (Wildman–Crippen MR) is 117 cm³/mol. The molecule has 0 spiro atoms. The Morgan fingerprint density at radius 2 is 2.14 bits per heavy atom. The predicted octanol–water partition coefficient (Wildman–Crippen LogP) is 5.38. The van der Waals surface area contributed by atoms with Crippen LogP contribution in [0.5, 0.6) is 0 Å². The molecule has 7 heteroatoms.